The van der Waals surface area contributed by atoms with Crippen LogP contribution in [0.3, 0.4) is 0 Å². The smallest absolute Gasteiger partial charge is 0.364 e. The number of nitrogens with two attached hydrogens (primary N) is 1. The van der Waals surface area contributed by atoms with E-state index in [-0.39, 0.29) is 0 Å². The van der Waals surface area contributed by atoms with E-state index in [1.165, 1.54) is 0 Å². The molecule has 0 saturated carbocycles. The standard InChI is InChI=1S/C18H7F30NOS/c19-4(20,1-2-51)6(23,24)8(27,28)10(31,32)12(35,36)14(39,40)16(43,44)18(47,48)17(45,46)15(41,42)13(37,38)11(33,34)9(29,30)7(25,26)5(21,22)3(49)50/h51H,1-2H2,(H2,49,50). The summed E-state index contributed by atoms with van der Waals surface area (Å²) in [4.78, 5) is 10.2. The van der Waals surface area contributed by atoms with E-state index in [0.29, 0.717) is 0 Å². The van der Waals surface area contributed by atoms with Crippen LogP contribution < -0.4 is 5.73 Å². The van der Waals surface area contributed by atoms with Gasteiger partial charge in [0.1, 0.15) is 0 Å². The summed E-state index contributed by atoms with van der Waals surface area (Å²) < 4.78 is 409. The Labute approximate surface area is 263 Å². The van der Waals surface area contributed by atoms with E-state index in [4.69, 9.17) is 0 Å². The second kappa shape index (κ2) is 12.1. The van der Waals surface area contributed by atoms with Crippen LogP contribution in [0.15, 0.2) is 0 Å². The molecular weight excluding hydrogens is 848 g/mol. The van der Waals surface area contributed by atoms with Gasteiger partial charge >= 0.3 is 88.8 Å². The number of carbonyl (C=O) groups excluding carboxylic acids is 1. The van der Waals surface area contributed by atoms with Crippen LogP contribution in [0.2, 0.25) is 0 Å². The Morgan fingerprint density at radius 2 is 0.490 bits per heavy atom. The molecule has 2 N–H and O–H groups in total. The van der Waals surface area contributed by atoms with E-state index in [9.17, 15) is 137 Å². The molecule has 0 saturated heterocycles. The van der Waals surface area contributed by atoms with Crippen molar-refractivity contribution >= 4 is 18.5 Å². The monoisotopic (exact) mass is 855 g/mol. The van der Waals surface area contributed by atoms with Gasteiger partial charge in [0.2, 0.25) is 0 Å². The van der Waals surface area contributed by atoms with E-state index in [1.54, 1.807) is 0 Å². The molecule has 0 aromatic rings. The zero-order valence-corrected chi connectivity index (χ0v) is 23.1. The molecule has 33 heteroatoms. The second-order valence-corrected chi connectivity index (χ2v) is 10.0. The fraction of sp³-hybridized carbons (Fsp3) is 0.944. The Bertz CT molecular complexity index is 1300. The predicted molar refractivity (Wildman–Crippen MR) is 102 cm³/mol. The number of hydrogen-bond acceptors (Lipinski definition) is 2. The number of alkyl halides is 30. The highest BCUT2D eigenvalue weighted by molar-refractivity contribution is 7.80. The summed E-state index contributed by atoms with van der Waals surface area (Å²) in [5.74, 6) is -145. The summed E-state index contributed by atoms with van der Waals surface area (Å²) in [7, 11) is 0. The molecule has 51 heavy (non-hydrogen) atoms. The molecule has 0 fully saturated rings. The summed E-state index contributed by atoms with van der Waals surface area (Å²) >= 11 is 2.67. The third-order valence-corrected chi connectivity index (χ3v) is 6.54. The van der Waals surface area contributed by atoms with Gasteiger partial charge in [-0.2, -0.15) is 144 Å². The van der Waals surface area contributed by atoms with Gasteiger partial charge < -0.3 is 5.73 Å². The molecule has 0 aromatic heterocycles. The zero-order chi connectivity index (χ0) is 42.5. The number of halogens is 30. The topological polar surface area (TPSA) is 43.1 Å². The molecule has 2 nitrogen and oxygen atoms in total. The van der Waals surface area contributed by atoms with Crippen molar-refractivity contribution in [3.63, 3.8) is 0 Å². The van der Waals surface area contributed by atoms with Crippen LogP contribution in [0.25, 0.3) is 0 Å². The van der Waals surface area contributed by atoms with E-state index in [2.05, 4.69) is 18.4 Å². The van der Waals surface area contributed by atoms with Crippen molar-refractivity contribution in [3.8, 4) is 0 Å². The molecular formula is C18H7F30NOS. The van der Waals surface area contributed by atoms with Crippen molar-refractivity contribution in [1.29, 1.82) is 0 Å². The fourth-order valence-electron chi connectivity index (χ4n) is 3.05. The minimum atomic E-state index is -10.1. The highest BCUT2D eigenvalue weighted by Gasteiger charge is 3.01. The summed E-state index contributed by atoms with van der Waals surface area (Å²) in [5, 5.41) is 0. The number of thiol groups is 1. The normalized spacial score (nSPS) is 16.8. The van der Waals surface area contributed by atoms with Gasteiger partial charge in [-0.3, -0.25) is 4.79 Å². The van der Waals surface area contributed by atoms with Crippen molar-refractivity contribution in [3.05, 3.63) is 0 Å². The van der Waals surface area contributed by atoms with Crippen molar-refractivity contribution in [1.82, 2.24) is 0 Å². The first-order valence-electron chi connectivity index (χ1n) is 11.1. The Morgan fingerprint density at radius 1 is 0.333 bits per heavy atom. The van der Waals surface area contributed by atoms with E-state index >= 15 is 0 Å². The van der Waals surface area contributed by atoms with Crippen LogP contribution in [-0.2, 0) is 4.79 Å². The van der Waals surface area contributed by atoms with Gasteiger partial charge in [0.25, 0.3) is 5.91 Å². The van der Waals surface area contributed by atoms with Crippen LogP contribution in [0.4, 0.5) is 132 Å². The molecule has 0 aliphatic heterocycles. The van der Waals surface area contributed by atoms with Gasteiger partial charge in [0, 0.05) is 6.42 Å². The van der Waals surface area contributed by atoms with Crippen LogP contribution >= 0.6 is 12.6 Å². The van der Waals surface area contributed by atoms with Gasteiger partial charge in [-0.1, -0.05) is 0 Å². The van der Waals surface area contributed by atoms with Crippen molar-refractivity contribution in [2.75, 3.05) is 5.75 Å². The quantitative estimate of drug-likeness (QED) is 0.111. The average molecular weight is 855 g/mol. The molecule has 0 aromatic carbocycles. The number of hydrogen-bond donors (Lipinski definition) is 2. The number of rotatable bonds is 17. The largest absolute Gasteiger partial charge is 0.392 e. The fourth-order valence-corrected chi connectivity index (χ4v) is 3.33. The van der Waals surface area contributed by atoms with Gasteiger partial charge in [0.05, 0.1) is 0 Å². The Hall–Kier alpha value is -2.28. The van der Waals surface area contributed by atoms with Crippen molar-refractivity contribution < 1.29 is 137 Å². The van der Waals surface area contributed by atoms with E-state index in [1.807, 2.05) is 0 Å². The highest BCUT2D eigenvalue weighted by Crippen LogP contribution is 2.69. The van der Waals surface area contributed by atoms with Gasteiger partial charge in [-0.15, -0.1) is 0 Å². The van der Waals surface area contributed by atoms with Crippen LogP contribution in [0, 0.1) is 0 Å². The van der Waals surface area contributed by atoms with Crippen LogP contribution in [0.5, 0.6) is 0 Å². The molecule has 0 heterocycles. The third-order valence-electron chi connectivity index (χ3n) is 6.32. The van der Waals surface area contributed by atoms with E-state index < -0.39 is 107 Å². The Morgan fingerprint density at radius 3 is 0.647 bits per heavy atom. The number of primary amides is 1. The minimum absolute atomic E-state index is 1.86. The molecule has 0 aliphatic carbocycles. The van der Waals surface area contributed by atoms with Crippen LogP contribution in [0.1, 0.15) is 6.42 Å². The molecule has 0 radical (unpaired) electrons. The number of amides is 1. The molecule has 0 rings (SSSR count). The average Bonchev–Trinajstić information content (AvgIpc) is 2.91. The summed E-state index contributed by atoms with van der Waals surface area (Å²) in [6, 6.07) is 0. The summed E-state index contributed by atoms with van der Waals surface area (Å²) in [6.45, 7) is 0. The Kier molecular flexibility index (Phi) is 11.6. The SMILES string of the molecule is NC(=O)C(F)(F)C(F)(F)C(F)(F)C(F)(F)C(F)(F)C(F)(F)C(F)(F)C(F)(F)C(F)(F)C(F)(F)C(F)(F)C(F)(F)C(F)(F)C(F)(F)C(F)(F)CCS. The molecule has 306 valence electrons. The second-order valence-electron chi connectivity index (χ2n) is 9.58. The molecule has 0 atom stereocenters. The zero-order valence-electron chi connectivity index (χ0n) is 22.2. The van der Waals surface area contributed by atoms with Gasteiger partial charge in [-0.25, -0.2) is 0 Å². The third kappa shape index (κ3) is 5.58. The summed E-state index contributed by atoms with van der Waals surface area (Å²) in [6.07, 6.45) is -2.96. The summed E-state index contributed by atoms with van der Waals surface area (Å²) in [5.41, 5.74) is 3.36. The molecule has 0 spiro atoms. The molecule has 0 aliphatic rings. The molecule has 0 bridgehead atoms. The van der Waals surface area contributed by atoms with Crippen LogP contribution in [-0.4, -0.2) is 100 Å². The lowest BCUT2D eigenvalue weighted by Gasteiger charge is -2.46. The van der Waals surface area contributed by atoms with Crippen molar-refractivity contribution in [2.24, 2.45) is 5.73 Å². The maximum atomic E-state index is 13.9. The maximum Gasteiger partial charge on any atom is 0.392 e. The minimum Gasteiger partial charge on any atom is -0.364 e. The van der Waals surface area contributed by atoms with E-state index in [0.717, 1.165) is 0 Å². The van der Waals surface area contributed by atoms with Crippen molar-refractivity contribution in [2.45, 2.75) is 95.3 Å². The lowest BCUT2D eigenvalue weighted by atomic mass is 9.82. The maximum absolute atomic E-state index is 13.9. The lowest BCUT2D eigenvalue weighted by molar-refractivity contribution is -0.486. The first-order valence-corrected chi connectivity index (χ1v) is 11.7. The highest BCUT2D eigenvalue weighted by atomic mass is 32.1. The van der Waals surface area contributed by atoms with Gasteiger partial charge in [0.15, 0.2) is 0 Å². The Balaban J connectivity index is 7.68. The van der Waals surface area contributed by atoms with Gasteiger partial charge in [-0.05, 0) is 5.75 Å². The lowest BCUT2D eigenvalue weighted by Crippen LogP contribution is -2.79. The first-order chi connectivity index (χ1) is 21.5. The first kappa shape index (κ1) is 48.7. The molecule has 1 amide bonds. The predicted octanol–water partition coefficient (Wildman–Crippen LogP) is 9.32. The molecule has 0 unspecified atom stereocenters. The number of carbonyl (C=O) groups is 1.